The fourth-order valence-corrected chi connectivity index (χ4v) is 1.44. The monoisotopic (exact) mass is 164 g/mol. The molecule has 0 aromatic rings. The van der Waals surface area contributed by atoms with E-state index in [-0.39, 0.29) is 0 Å². The van der Waals surface area contributed by atoms with Gasteiger partial charge in [0.15, 0.2) is 0 Å². The highest BCUT2D eigenvalue weighted by Crippen LogP contribution is 2.09. The van der Waals surface area contributed by atoms with Gasteiger partial charge in [0.25, 0.3) is 0 Å². The summed E-state index contributed by atoms with van der Waals surface area (Å²) in [6, 6.07) is 0. The number of hydrogen-bond donors (Lipinski definition) is 1. The Hall–Kier alpha value is 0.0300. The molecular formula is C5H12N2O2S. The number of hydrogen-bond acceptors (Lipinski definition) is 2. The molecule has 1 fully saturated rings. The topological polar surface area (TPSA) is 43.8 Å². The van der Waals surface area contributed by atoms with E-state index in [1.807, 2.05) is 5.01 Å². The summed E-state index contributed by atoms with van der Waals surface area (Å²) >= 11 is -1.84. The summed E-state index contributed by atoms with van der Waals surface area (Å²) in [5, 5.41) is 1.89. The van der Waals surface area contributed by atoms with Crippen molar-refractivity contribution in [3.63, 3.8) is 0 Å². The summed E-state index contributed by atoms with van der Waals surface area (Å²) < 4.78 is 20.5. The molecule has 10 heavy (non-hydrogen) atoms. The summed E-state index contributed by atoms with van der Waals surface area (Å²) in [6.07, 6.45) is 2.25. The molecule has 1 aliphatic heterocycles. The van der Waals surface area contributed by atoms with Crippen molar-refractivity contribution in [3.05, 3.63) is 0 Å². The molecule has 0 aromatic heterocycles. The lowest BCUT2D eigenvalue weighted by atomic mass is 10.4. The SMILES string of the molecule is CN(N1CCCC1)S(=O)O. The normalized spacial score (nSPS) is 23.9. The van der Waals surface area contributed by atoms with Gasteiger partial charge in [-0.1, -0.05) is 0 Å². The second-order valence-electron chi connectivity index (χ2n) is 2.36. The minimum atomic E-state index is -1.84. The quantitative estimate of drug-likeness (QED) is 0.587. The highest BCUT2D eigenvalue weighted by atomic mass is 32.2. The van der Waals surface area contributed by atoms with Crippen molar-refractivity contribution in [2.45, 2.75) is 12.8 Å². The van der Waals surface area contributed by atoms with Crippen LogP contribution in [0.5, 0.6) is 0 Å². The first-order chi connectivity index (χ1) is 4.72. The maximum Gasteiger partial charge on any atom is 0.248 e. The van der Waals surface area contributed by atoms with Crippen molar-refractivity contribution in [1.82, 2.24) is 9.42 Å². The maximum absolute atomic E-state index is 10.5. The molecule has 60 valence electrons. The van der Waals surface area contributed by atoms with Crippen molar-refractivity contribution < 1.29 is 8.76 Å². The maximum atomic E-state index is 10.5. The average Bonchev–Trinajstić information content (AvgIpc) is 2.36. The van der Waals surface area contributed by atoms with E-state index in [2.05, 4.69) is 0 Å². The minimum Gasteiger partial charge on any atom is -0.293 e. The lowest BCUT2D eigenvalue weighted by Gasteiger charge is -2.22. The van der Waals surface area contributed by atoms with Crippen molar-refractivity contribution >= 4 is 11.3 Å². The van der Waals surface area contributed by atoms with Crippen molar-refractivity contribution in [2.24, 2.45) is 0 Å². The average molecular weight is 164 g/mol. The summed E-state index contributed by atoms with van der Waals surface area (Å²) in [5.41, 5.74) is 0. The molecule has 0 spiro atoms. The van der Waals surface area contributed by atoms with Crippen molar-refractivity contribution in [3.8, 4) is 0 Å². The van der Waals surface area contributed by atoms with Crippen molar-refractivity contribution in [1.29, 1.82) is 0 Å². The van der Waals surface area contributed by atoms with Crippen LogP contribution in [0.3, 0.4) is 0 Å². The van der Waals surface area contributed by atoms with Gasteiger partial charge >= 0.3 is 0 Å². The Kier molecular flexibility index (Phi) is 2.79. The van der Waals surface area contributed by atoms with E-state index in [0.717, 1.165) is 25.9 Å². The zero-order valence-electron chi connectivity index (χ0n) is 5.99. The molecule has 0 radical (unpaired) electrons. The first-order valence-corrected chi connectivity index (χ1v) is 4.38. The number of hydrazine groups is 1. The molecule has 1 N–H and O–H groups in total. The summed E-state index contributed by atoms with van der Waals surface area (Å²) in [6.45, 7) is 1.81. The third kappa shape index (κ3) is 1.76. The zero-order chi connectivity index (χ0) is 7.56. The second kappa shape index (κ2) is 3.43. The zero-order valence-corrected chi connectivity index (χ0v) is 6.80. The predicted octanol–water partition coefficient (Wildman–Crippen LogP) is 0.0657. The standard InChI is InChI=1S/C5H12N2O2S/c1-6(10(8)9)7-4-2-3-5-7/h2-5H2,1H3,(H,8,9). The molecule has 0 aliphatic carbocycles. The van der Waals surface area contributed by atoms with Gasteiger partial charge in [-0.2, -0.15) is 0 Å². The first kappa shape index (κ1) is 8.13. The molecule has 0 bridgehead atoms. The minimum absolute atomic E-state index is 0.906. The van der Waals surface area contributed by atoms with E-state index < -0.39 is 11.3 Å². The van der Waals surface area contributed by atoms with Crippen LogP contribution in [0.15, 0.2) is 0 Å². The molecule has 1 aliphatic rings. The van der Waals surface area contributed by atoms with Crippen LogP contribution < -0.4 is 0 Å². The fraction of sp³-hybridized carbons (Fsp3) is 1.00. The molecule has 0 aromatic carbocycles. The van der Waals surface area contributed by atoms with Gasteiger partial charge in [-0.3, -0.25) is 4.55 Å². The Morgan fingerprint density at radius 3 is 2.40 bits per heavy atom. The second-order valence-corrected chi connectivity index (χ2v) is 3.35. The van der Waals surface area contributed by atoms with E-state index in [0.29, 0.717) is 0 Å². The third-order valence-corrected chi connectivity index (χ3v) is 2.39. The molecule has 5 heteroatoms. The van der Waals surface area contributed by atoms with Gasteiger partial charge in [0.2, 0.25) is 11.3 Å². The molecular weight excluding hydrogens is 152 g/mol. The lowest BCUT2D eigenvalue weighted by molar-refractivity contribution is 0.116. The van der Waals surface area contributed by atoms with E-state index in [4.69, 9.17) is 4.55 Å². The van der Waals surface area contributed by atoms with Crippen molar-refractivity contribution in [2.75, 3.05) is 20.1 Å². The van der Waals surface area contributed by atoms with Crippen LogP contribution in [0.2, 0.25) is 0 Å². The summed E-state index contributed by atoms with van der Waals surface area (Å²) in [7, 11) is 1.63. The molecule has 0 amide bonds. The van der Waals surface area contributed by atoms with Gasteiger partial charge in [0.1, 0.15) is 0 Å². The molecule has 0 saturated carbocycles. The van der Waals surface area contributed by atoms with E-state index in [9.17, 15) is 4.21 Å². The highest BCUT2D eigenvalue weighted by molar-refractivity contribution is 7.76. The number of nitrogens with zero attached hydrogens (tertiary/aromatic N) is 2. The molecule has 1 unspecified atom stereocenters. The van der Waals surface area contributed by atoms with Gasteiger partial charge in [-0.05, 0) is 12.8 Å². The van der Waals surface area contributed by atoms with Gasteiger partial charge < -0.3 is 0 Å². The third-order valence-electron chi connectivity index (χ3n) is 1.71. The smallest absolute Gasteiger partial charge is 0.248 e. The Morgan fingerprint density at radius 2 is 2.00 bits per heavy atom. The number of rotatable bonds is 2. The molecule has 1 rings (SSSR count). The predicted molar refractivity (Wildman–Crippen MR) is 39.3 cm³/mol. The van der Waals surface area contributed by atoms with Crippen LogP contribution in [0.1, 0.15) is 12.8 Å². The van der Waals surface area contributed by atoms with Gasteiger partial charge in [0.05, 0.1) is 0 Å². The van der Waals surface area contributed by atoms with Crippen LogP contribution in [-0.2, 0) is 11.3 Å². The largest absolute Gasteiger partial charge is 0.293 e. The molecule has 4 nitrogen and oxygen atoms in total. The fourth-order valence-electron chi connectivity index (χ4n) is 1.08. The van der Waals surface area contributed by atoms with Crippen LogP contribution in [-0.4, -0.2) is 38.3 Å². The molecule has 1 heterocycles. The summed E-state index contributed by atoms with van der Waals surface area (Å²) in [5.74, 6) is 0. The highest BCUT2D eigenvalue weighted by Gasteiger charge is 2.18. The van der Waals surface area contributed by atoms with E-state index >= 15 is 0 Å². The van der Waals surface area contributed by atoms with Crippen LogP contribution >= 0.6 is 0 Å². The summed E-state index contributed by atoms with van der Waals surface area (Å²) in [4.78, 5) is 0. The Morgan fingerprint density at radius 1 is 1.50 bits per heavy atom. The Labute approximate surface area is 63.2 Å². The van der Waals surface area contributed by atoms with E-state index in [1.54, 1.807) is 7.05 Å². The van der Waals surface area contributed by atoms with Gasteiger partial charge in [0, 0.05) is 20.1 Å². The molecule has 1 atom stereocenters. The van der Waals surface area contributed by atoms with Gasteiger partial charge in [-0.25, -0.2) is 9.22 Å². The first-order valence-electron chi connectivity index (χ1n) is 3.31. The lowest BCUT2D eigenvalue weighted by Crippen LogP contribution is -2.38. The Balaban J connectivity index is 2.39. The molecule has 1 saturated heterocycles. The van der Waals surface area contributed by atoms with E-state index in [1.165, 1.54) is 4.41 Å². The van der Waals surface area contributed by atoms with Crippen LogP contribution in [0, 0.1) is 0 Å². The van der Waals surface area contributed by atoms with Crippen LogP contribution in [0.25, 0.3) is 0 Å². The van der Waals surface area contributed by atoms with Crippen LogP contribution in [0.4, 0.5) is 0 Å². The van der Waals surface area contributed by atoms with Gasteiger partial charge in [-0.15, -0.1) is 4.41 Å². The Bertz CT molecular complexity index is 136.